The van der Waals surface area contributed by atoms with E-state index in [1.54, 1.807) is 12.5 Å². The summed E-state index contributed by atoms with van der Waals surface area (Å²) in [5.74, 6) is -0.158. The van der Waals surface area contributed by atoms with Crippen LogP contribution >= 0.6 is 0 Å². The molecule has 0 radical (unpaired) electrons. The minimum absolute atomic E-state index is 0.0205. The summed E-state index contributed by atoms with van der Waals surface area (Å²) < 4.78 is 1.91. The van der Waals surface area contributed by atoms with Crippen LogP contribution in [0.4, 0.5) is 5.82 Å². The second kappa shape index (κ2) is 3.97. The molecule has 0 aromatic carbocycles. The SMILES string of the molecule is Cn1cnc2c(N(CC(=O)O)C3CC3)nccc21. The highest BCUT2D eigenvalue weighted by molar-refractivity contribution is 5.88. The number of aliphatic carboxylic acids is 1. The van der Waals surface area contributed by atoms with Gasteiger partial charge in [-0.25, -0.2) is 9.97 Å². The largest absolute Gasteiger partial charge is 0.480 e. The zero-order chi connectivity index (χ0) is 12.7. The number of anilines is 1. The van der Waals surface area contributed by atoms with Crippen molar-refractivity contribution in [1.29, 1.82) is 0 Å². The number of aromatic nitrogens is 3. The maximum atomic E-state index is 11.0. The summed E-state index contributed by atoms with van der Waals surface area (Å²) in [6.07, 6.45) is 5.48. The summed E-state index contributed by atoms with van der Waals surface area (Å²) in [6.45, 7) is -0.0205. The molecule has 0 amide bonds. The Morgan fingerprint density at radius 2 is 2.33 bits per heavy atom. The molecule has 0 bridgehead atoms. The van der Waals surface area contributed by atoms with E-state index in [4.69, 9.17) is 5.11 Å². The van der Waals surface area contributed by atoms with Crippen molar-refractivity contribution >= 4 is 22.8 Å². The number of imidazole rings is 1. The van der Waals surface area contributed by atoms with Crippen LogP contribution in [0.5, 0.6) is 0 Å². The topological polar surface area (TPSA) is 71.2 Å². The Labute approximate surface area is 104 Å². The zero-order valence-corrected chi connectivity index (χ0v) is 10.1. The normalized spacial score (nSPS) is 14.9. The molecule has 0 unspecified atom stereocenters. The van der Waals surface area contributed by atoms with Gasteiger partial charge >= 0.3 is 5.97 Å². The molecule has 2 aromatic rings. The third-order valence-electron chi connectivity index (χ3n) is 3.19. The lowest BCUT2D eigenvalue weighted by Crippen LogP contribution is -2.32. The molecule has 1 N–H and O–H groups in total. The van der Waals surface area contributed by atoms with Gasteiger partial charge in [0.05, 0.1) is 11.8 Å². The van der Waals surface area contributed by atoms with Crippen LogP contribution < -0.4 is 4.90 Å². The van der Waals surface area contributed by atoms with Crippen LogP contribution in [0, 0.1) is 0 Å². The van der Waals surface area contributed by atoms with E-state index in [1.165, 1.54) is 0 Å². The van der Waals surface area contributed by atoms with Crippen LogP contribution in [0.25, 0.3) is 11.0 Å². The molecule has 1 aliphatic rings. The van der Waals surface area contributed by atoms with Crippen LogP contribution in [0.1, 0.15) is 12.8 Å². The molecule has 6 heteroatoms. The van der Waals surface area contributed by atoms with Gasteiger partial charge in [0.25, 0.3) is 0 Å². The fourth-order valence-electron chi connectivity index (χ4n) is 2.17. The molecule has 18 heavy (non-hydrogen) atoms. The average molecular weight is 246 g/mol. The van der Waals surface area contributed by atoms with Crippen molar-refractivity contribution < 1.29 is 9.90 Å². The lowest BCUT2D eigenvalue weighted by atomic mass is 10.3. The molecule has 0 aliphatic heterocycles. The first-order valence-corrected chi connectivity index (χ1v) is 5.91. The summed E-state index contributed by atoms with van der Waals surface area (Å²) in [7, 11) is 1.91. The van der Waals surface area contributed by atoms with Crippen LogP contribution in [-0.4, -0.2) is 38.2 Å². The number of nitrogens with zero attached hydrogens (tertiary/aromatic N) is 4. The number of carboxylic acid groups (broad SMARTS) is 1. The molecule has 0 atom stereocenters. The molecule has 1 saturated carbocycles. The quantitative estimate of drug-likeness (QED) is 0.872. The van der Waals surface area contributed by atoms with Crippen LogP contribution in [-0.2, 0) is 11.8 Å². The predicted octanol–water partition coefficient (Wildman–Crippen LogP) is 1.02. The molecule has 0 saturated heterocycles. The van der Waals surface area contributed by atoms with Gasteiger partial charge < -0.3 is 14.6 Å². The number of pyridine rings is 1. The number of carbonyl (C=O) groups is 1. The lowest BCUT2D eigenvalue weighted by molar-refractivity contribution is -0.135. The Bertz CT molecular complexity index is 603. The zero-order valence-electron chi connectivity index (χ0n) is 10.1. The summed E-state index contributed by atoms with van der Waals surface area (Å²) in [5.41, 5.74) is 1.74. The molecule has 2 aromatic heterocycles. The standard InChI is InChI=1S/C12H14N4O2/c1-15-7-14-11-9(15)4-5-13-12(11)16(6-10(17)18)8-2-3-8/h4-5,7-8H,2-3,6H2,1H3,(H,17,18). The Kier molecular flexibility index (Phi) is 2.43. The number of carboxylic acids is 1. The van der Waals surface area contributed by atoms with E-state index >= 15 is 0 Å². The van der Waals surface area contributed by atoms with Crippen LogP contribution in [0.3, 0.4) is 0 Å². The van der Waals surface area contributed by atoms with Gasteiger partial charge in [0.2, 0.25) is 0 Å². The van der Waals surface area contributed by atoms with E-state index in [0.717, 1.165) is 23.9 Å². The molecule has 6 nitrogen and oxygen atoms in total. The van der Waals surface area contributed by atoms with Gasteiger partial charge in [0.15, 0.2) is 5.82 Å². The van der Waals surface area contributed by atoms with Crippen molar-refractivity contribution in [2.24, 2.45) is 7.05 Å². The van der Waals surface area contributed by atoms with Crippen molar-refractivity contribution in [2.75, 3.05) is 11.4 Å². The number of aryl methyl sites for hydroxylation is 1. The predicted molar refractivity (Wildman–Crippen MR) is 66.5 cm³/mol. The van der Waals surface area contributed by atoms with Crippen LogP contribution in [0.15, 0.2) is 18.6 Å². The molecule has 2 heterocycles. The minimum atomic E-state index is -0.836. The molecule has 1 fully saturated rings. The summed E-state index contributed by atoms with van der Waals surface area (Å²) >= 11 is 0. The second-order valence-corrected chi connectivity index (χ2v) is 4.61. The number of hydrogen-bond acceptors (Lipinski definition) is 4. The highest BCUT2D eigenvalue weighted by Gasteiger charge is 2.32. The van der Waals surface area contributed by atoms with Gasteiger partial charge in [0, 0.05) is 19.3 Å². The first-order valence-electron chi connectivity index (χ1n) is 5.91. The van der Waals surface area contributed by atoms with E-state index in [1.807, 2.05) is 22.6 Å². The highest BCUT2D eigenvalue weighted by Crippen LogP contribution is 2.33. The summed E-state index contributed by atoms with van der Waals surface area (Å²) in [4.78, 5) is 21.5. The first kappa shape index (κ1) is 11.0. The fraction of sp³-hybridized carbons (Fsp3) is 0.417. The van der Waals surface area contributed by atoms with Crippen molar-refractivity contribution in [3.63, 3.8) is 0 Å². The smallest absolute Gasteiger partial charge is 0.323 e. The van der Waals surface area contributed by atoms with Gasteiger partial charge in [-0.1, -0.05) is 0 Å². The van der Waals surface area contributed by atoms with Gasteiger partial charge in [0.1, 0.15) is 12.1 Å². The van der Waals surface area contributed by atoms with Gasteiger partial charge in [-0.05, 0) is 18.9 Å². The summed E-state index contributed by atoms with van der Waals surface area (Å²) in [5, 5.41) is 9.00. The Morgan fingerprint density at radius 3 is 3.00 bits per heavy atom. The second-order valence-electron chi connectivity index (χ2n) is 4.61. The van der Waals surface area contributed by atoms with E-state index in [-0.39, 0.29) is 6.54 Å². The molecular formula is C12H14N4O2. The van der Waals surface area contributed by atoms with Crippen molar-refractivity contribution in [3.05, 3.63) is 18.6 Å². The van der Waals surface area contributed by atoms with Crippen molar-refractivity contribution in [2.45, 2.75) is 18.9 Å². The highest BCUT2D eigenvalue weighted by atomic mass is 16.4. The maximum Gasteiger partial charge on any atom is 0.323 e. The van der Waals surface area contributed by atoms with E-state index in [0.29, 0.717) is 11.9 Å². The van der Waals surface area contributed by atoms with E-state index < -0.39 is 5.97 Å². The Morgan fingerprint density at radius 1 is 1.56 bits per heavy atom. The van der Waals surface area contributed by atoms with Crippen LogP contribution in [0.2, 0.25) is 0 Å². The first-order chi connectivity index (χ1) is 8.66. The molecule has 1 aliphatic carbocycles. The molecular weight excluding hydrogens is 232 g/mol. The minimum Gasteiger partial charge on any atom is -0.480 e. The van der Waals surface area contributed by atoms with E-state index in [2.05, 4.69) is 9.97 Å². The van der Waals surface area contributed by atoms with Crippen molar-refractivity contribution in [1.82, 2.24) is 14.5 Å². The van der Waals surface area contributed by atoms with Gasteiger partial charge in [-0.15, -0.1) is 0 Å². The number of hydrogen-bond donors (Lipinski definition) is 1. The maximum absolute atomic E-state index is 11.0. The third-order valence-corrected chi connectivity index (χ3v) is 3.19. The summed E-state index contributed by atoms with van der Waals surface area (Å²) in [6, 6.07) is 2.18. The third kappa shape index (κ3) is 1.79. The Balaban J connectivity index is 2.08. The van der Waals surface area contributed by atoms with E-state index in [9.17, 15) is 4.79 Å². The van der Waals surface area contributed by atoms with Crippen molar-refractivity contribution in [3.8, 4) is 0 Å². The molecule has 0 spiro atoms. The van der Waals surface area contributed by atoms with Gasteiger partial charge in [-0.2, -0.15) is 0 Å². The lowest BCUT2D eigenvalue weighted by Gasteiger charge is -2.21. The average Bonchev–Trinajstić information content (AvgIpc) is 3.11. The molecule has 3 rings (SSSR count). The molecule has 94 valence electrons. The number of fused-ring (bicyclic) bond motifs is 1. The van der Waals surface area contributed by atoms with Gasteiger partial charge in [-0.3, -0.25) is 4.79 Å². The number of rotatable bonds is 4. The Hall–Kier alpha value is -2.11. The fourth-order valence-corrected chi connectivity index (χ4v) is 2.17. The monoisotopic (exact) mass is 246 g/mol.